The lowest BCUT2D eigenvalue weighted by molar-refractivity contribution is -0.131. The molecule has 0 bridgehead atoms. The molecule has 1 aromatic heterocycles. The van der Waals surface area contributed by atoms with Crippen LogP contribution in [0.2, 0.25) is 0 Å². The number of benzene rings is 1. The van der Waals surface area contributed by atoms with Gasteiger partial charge >= 0.3 is 6.11 Å². The van der Waals surface area contributed by atoms with Gasteiger partial charge in [0, 0.05) is 28.9 Å². The van der Waals surface area contributed by atoms with E-state index in [1.165, 1.54) is 0 Å². The highest BCUT2D eigenvalue weighted by Crippen LogP contribution is 2.45. The van der Waals surface area contributed by atoms with Crippen LogP contribution >= 0.6 is 0 Å². The van der Waals surface area contributed by atoms with Crippen LogP contribution in [0.3, 0.4) is 0 Å². The van der Waals surface area contributed by atoms with Crippen LogP contribution in [-0.4, -0.2) is 16.2 Å². The number of rotatable bonds is 6. The molecule has 2 atom stereocenters. The topological polar surface area (TPSA) is 42.4 Å². The van der Waals surface area contributed by atoms with Crippen molar-refractivity contribution in [3.05, 3.63) is 70.6 Å². The van der Waals surface area contributed by atoms with E-state index in [0.717, 1.165) is 40.1 Å². The summed E-state index contributed by atoms with van der Waals surface area (Å²) in [4.78, 5) is 5.05. The van der Waals surface area contributed by atoms with Crippen molar-refractivity contribution in [3.63, 3.8) is 0 Å². The first-order chi connectivity index (χ1) is 14.3. The monoisotopic (exact) mass is 429 g/mol. The number of fused-ring (bicyclic) bond motifs is 1. The van der Waals surface area contributed by atoms with Crippen LogP contribution in [0.4, 0.5) is 8.78 Å². The summed E-state index contributed by atoms with van der Waals surface area (Å²) in [6.07, 6.45) is -1.90. The van der Waals surface area contributed by atoms with E-state index in [1.807, 2.05) is 12.1 Å². The van der Waals surface area contributed by atoms with E-state index >= 15 is 0 Å². The zero-order chi connectivity index (χ0) is 23.1. The van der Waals surface area contributed by atoms with Crippen molar-refractivity contribution in [2.75, 3.05) is 0 Å². The SMILES string of the molecule is C=CC(F)(F)Oc1ccc([C@@H](C)c2c(C(C)C)nc3c(c2C)C(O)CC(C)(C)C3)cc1. The van der Waals surface area contributed by atoms with Gasteiger partial charge in [0.05, 0.1) is 6.10 Å². The first kappa shape index (κ1) is 23.4. The lowest BCUT2D eigenvalue weighted by atomic mass is 9.72. The number of halogens is 2. The third-order valence-corrected chi connectivity index (χ3v) is 6.23. The largest absolute Gasteiger partial charge is 0.429 e. The number of alkyl halides is 2. The van der Waals surface area contributed by atoms with Gasteiger partial charge in [-0.3, -0.25) is 4.98 Å². The van der Waals surface area contributed by atoms with Crippen molar-refractivity contribution in [3.8, 4) is 5.75 Å². The normalized spacial score (nSPS) is 19.1. The summed E-state index contributed by atoms with van der Waals surface area (Å²) in [6, 6.07) is 6.72. The smallest absolute Gasteiger partial charge is 0.419 e. The summed E-state index contributed by atoms with van der Waals surface area (Å²) in [5.74, 6) is 0.298. The zero-order valence-electron chi connectivity index (χ0n) is 19.3. The molecule has 1 unspecified atom stereocenters. The van der Waals surface area contributed by atoms with Crippen LogP contribution in [-0.2, 0) is 6.42 Å². The van der Waals surface area contributed by atoms with Gasteiger partial charge in [-0.05, 0) is 59.9 Å². The van der Waals surface area contributed by atoms with Crippen molar-refractivity contribution in [1.29, 1.82) is 0 Å². The maximum atomic E-state index is 13.4. The van der Waals surface area contributed by atoms with E-state index in [-0.39, 0.29) is 23.0 Å². The van der Waals surface area contributed by atoms with Crippen LogP contribution in [0, 0.1) is 12.3 Å². The lowest BCUT2D eigenvalue weighted by Gasteiger charge is -2.37. The van der Waals surface area contributed by atoms with Crippen LogP contribution in [0.1, 0.15) is 92.6 Å². The van der Waals surface area contributed by atoms with Gasteiger partial charge in [-0.15, -0.1) is 0 Å². The lowest BCUT2D eigenvalue weighted by Crippen LogP contribution is -2.29. The third kappa shape index (κ3) is 4.82. The Morgan fingerprint density at radius 3 is 2.39 bits per heavy atom. The molecule has 0 amide bonds. The van der Waals surface area contributed by atoms with Crippen LogP contribution in [0.25, 0.3) is 0 Å². The fourth-order valence-electron chi connectivity index (χ4n) is 4.72. The molecule has 0 aliphatic heterocycles. The molecule has 1 aliphatic rings. The molecule has 0 radical (unpaired) electrons. The summed E-state index contributed by atoms with van der Waals surface area (Å²) in [5, 5.41) is 10.9. The predicted molar refractivity (Wildman–Crippen MR) is 120 cm³/mol. The number of nitrogens with zero attached hydrogens (tertiary/aromatic N) is 1. The molecule has 168 valence electrons. The fraction of sp³-hybridized carbons (Fsp3) is 0.500. The molecule has 2 aromatic rings. The highest BCUT2D eigenvalue weighted by atomic mass is 19.3. The van der Waals surface area contributed by atoms with Gasteiger partial charge in [-0.25, -0.2) is 0 Å². The van der Waals surface area contributed by atoms with Gasteiger partial charge in [0.2, 0.25) is 0 Å². The Morgan fingerprint density at radius 2 is 1.84 bits per heavy atom. The van der Waals surface area contributed by atoms with E-state index in [9.17, 15) is 13.9 Å². The molecule has 0 saturated carbocycles. The first-order valence-corrected chi connectivity index (χ1v) is 10.9. The number of ether oxygens (including phenoxy) is 1. The number of pyridine rings is 1. The molecule has 31 heavy (non-hydrogen) atoms. The highest BCUT2D eigenvalue weighted by Gasteiger charge is 2.35. The Balaban J connectivity index is 2.04. The van der Waals surface area contributed by atoms with E-state index < -0.39 is 12.2 Å². The molecule has 1 heterocycles. The van der Waals surface area contributed by atoms with Crippen molar-refractivity contribution < 1.29 is 18.6 Å². The second-order valence-electron chi connectivity index (χ2n) is 9.77. The zero-order valence-corrected chi connectivity index (χ0v) is 19.3. The van der Waals surface area contributed by atoms with Crippen molar-refractivity contribution in [2.24, 2.45) is 5.41 Å². The molecule has 0 fully saturated rings. The molecule has 1 aromatic carbocycles. The summed E-state index contributed by atoms with van der Waals surface area (Å²) < 4.78 is 31.6. The molecule has 0 spiro atoms. The molecule has 3 rings (SSSR count). The average Bonchev–Trinajstić information content (AvgIpc) is 2.66. The fourth-order valence-corrected chi connectivity index (χ4v) is 4.72. The van der Waals surface area contributed by atoms with Crippen molar-refractivity contribution in [2.45, 2.75) is 78.4 Å². The average molecular weight is 430 g/mol. The molecule has 5 heteroatoms. The Kier molecular flexibility index (Phi) is 6.30. The van der Waals surface area contributed by atoms with Crippen molar-refractivity contribution >= 4 is 0 Å². The van der Waals surface area contributed by atoms with Gasteiger partial charge in [0.25, 0.3) is 0 Å². The quantitative estimate of drug-likeness (QED) is 0.512. The Labute approximate surface area is 184 Å². The summed E-state index contributed by atoms with van der Waals surface area (Å²) in [6.45, 7) is 15.9. The minimum Gasteiger partial charge on any atom is -0.429 e. The van der Waals surface area contributed by atoms with Crippen LogP contribution < -0.4 is 4.74 Å². The summed E-state index contributed by atoms with van der Waals surface area (Å²) >= 11 is 0. The second-order valence-corrected chi connectivity index (χ2v) is 9.77. The number of aliphatic hydroxyl groups is 1. The van der Waals surface area contributed by atoms with Gasteiger partial charge < -0.3 is 9.84 Å². The number of aliphatic hydroxyl groups excluding tert-OH is 1. The van der Waals surface area contributed by atoms with Gasteiger partial charge in [-0.1, -0.05) is 53.3 Å². The first-order valence-electron chi connectivity index (χ1n) is 10.9. The molecule has 0 saturated heterocycles. The summed E-state index contributed by atoms with van der Waals surface area (Å²) in [7, 11) is 0. The maximum absolute atomic E-state index is 13.4. The molecule has 3 nitrogen and oxygen atoms in total. The van der Waals surface area contributed by atoms with Crippen molar-refractivity contribution in [1.82, 2.24) is 4.98 Å². The Bertz CT molecular complexity index is 964. The molecule has 1 N–H and O–H groups in total. The summed E-state index contributed by atoms with van der Waals surface area (Å²) in [5.41, 5.74) is 6.17. The molecular formula is C26H33F2NO2. The van der Waals surface area contributed by atoms with Gasteiger partial charge in [-0.2, -0.15) is 8.78 Å². The molecule has 1 aliphatic carbocycles. The Morgan fingerprint density at radius 1 is 1.23 bits per heavy atom. The van der Waals surface area contributed by atoms with E-state index in [0.29, 0.717) is 12.5 Å². The highest BCUT2D eigenvalue weighted by molar-refractivity contribution is 5.49. The number of hydrogen-bond acceptors (Lipinski definition) is 3. The minimum atomic E-state index is -3.40. The van der Waals surface area contributed by atoms with E-state index in [2.05, 4.69) is 52.9 Å². The number of hydrogen-bond donors (Lipinski definition) is 1. The van der Waals surface area contributed by atoms with Crippen LogP contribution in [0.15, 0.2) is 36.9 Å². The van der Waals surface area contributed by atoms with Gasteiger partial charge in [0.15, 0.2) is 0 Å². The predicted octanol–water partition coefficient (Wildman–Crippen LogP) is 6.83. The third-order valence-electron chi connectivity index (χ3n) is 6.23. The second kappa shape index (κ2) is 8.34. The van der Waals surface area contributed by atoms with E-state index in [4.69, 9.17) is 4.98 Å². The minimum absolute atomic E-state index is 0.00805. The maximum Gasteiger partial charge on any atom is 0.419 e. The number of aromatic nitrogens is 1. The molecular weight excluding hydrogens is 396 g/mol. The van der Waals surface area contributed by atoms with Crippen LogP contribution in [0.5, 0.6) is 5.75 Å². The van der Waals surface area contributed by atoms with Gasteiger partial charge in [0.1, 0.15) is 5.75 Å². The standard InChI is InChI=1S/C26H33F2NO2/c1-8-26(27,28)31-19-11-9-18(10-12-19)16(4)22-17(5)23-20(29-24(22)15(2)3)13-25(6,7)14-21(23)30/h8-12,15-16,21,30H,1,13-14H2,2-7H3/t16-,21?/m1/s1. The Hall–Kier alpha value is -2.27. The van der Waals surface area contributed by atoms with E-state index in [1.54, 1.807) is 12.1 Å².